The van der Waals surface area contributed by atoms with Crippen LogP contribution in [0.15, 0.2) is 23.9 Å². The average molecular weight is 464 g/mol. The molecule has 0 aliphatic carbocycles. The lowest BCUT2D eigenvalue weighted by molar-refractivity contribution is -0.115. The number of nitrogens with zero attached hydrogens (tertiary/aromatic N) is 4. The lowest BCUT2D eigenvalue weighted by atomic mass is 10.2. The third-order valence-corrected chi connectivity index (χ3v) is 4.80. The third-order valence-electron chi connectivity index (χ3n) is 4.80. The number of hydrazine groups is 1. The van der Waals surface area contributed by atoms with Gasteiger partial charge in [-0.25, -0.2) is 23.6 Å². The van der Waals surface area contributed by atoms with Crippen molar-refractivity contribution < 1.29 is 18.0 Å². The quantitative estimate of drug-likeness (QED) is 0.587. The maximum atomic E-state index is 13.4. The molecule has 1 aromatic heterocycles. The van der Waals surface area contributed by atoms with Crippen LogP contribution in [-0.2, 0) is 11.3 Å². The normalized spacial score (nSPS) is 14.9. The summed E-state index contributed by atoms with van der Waals surface area (Å²) in [5.41, 5.74) is 5.62. The molecule has 1 aromatic carbocycles. The van der Waals surface area contributed by atoms with E-state index in [9.17, 15) is 18.0 Å². The van der Waals surface area contributed by atoms with Crippen LogP contribution in [0.2, 0.25) is 0 Å². The van der Waals surface area contributed by atoms with Crippen LogP contribution in [0.1, 0.15) is 31.5 Å². The molecule has 3 heterocycles. The van der Waals surface area contributed by atoms with Crippen molar-refractivity contribution in [2.75, 3.05) is 42.2 Å². The summed E-state index contributed by atoms with van der Waals surface area (Å²) in [6, 6.07) is 1.95. The number of anilines is 3. The van der Waals surface area contributed by atoms with Crippen LogP contribution in [-0.4, -0.2) is 47.6 Å². The SMILES string of the molecule is CCC.Cc1nc(NCC2=CN(Cc3cc(F)c(F)c(F)c3)NC2)nc2c1NC(=O)CN2C. The van der Waals surface area contributed by atoms with E-state index in [1.54, 1.807) is 23.9 Å². The molecule has 11 heteroatoms. The van der Waals surface area contributed by atoms with E-state index in [2.05, 4.69) is 39.9 Å². The van der Waals surface area contributed by atoms with Gasteiger partial charge < -0.3 is 20.5 Å². The van der Waals surface area contributed by atoms with Crippen molar-refractivity contribution in [3.63, 3.8) is 0 Å². The van der Waals surface area contributed by atoms with Gasteiger partial charge in [-0.15, -0.1) is 0 Å². The van der Waals surface area contributed by atoms with E-state index in [1.165, 1.54) is 6.42 Å². The summed E-state index contributed by atoms with van der Waals surface area (Å²) in [4.78, 5) is 22.3. The molecule has 2 aromatic rings. The van der Waals surface area contributed by atoms with Gasteiger partial charge in [-0.1, -0.05) is 20.3 Å². The first kappa shape index (κ1) is 24.3. The van der Waals surface area contributed by atoms with Gasteiger partial charge in [0.15, 0.2) is 23.3 Å². The predicted molar refractivity (Wildman–Crippen MR) is 121 cm³/mol. The van der Waals surface area contributed by atoms with Gasteiger partial charge in [0.25, 0.3) is 0 Å². The Morgan fingerprint density at radius 2 is 1.82 bits per heavy atom. The number of hydrogen-bond donors (Lipinski definition) is 3. The number of halogens is 3. The number of fused-ring (bicyclic) bond motifs is 1. The van der Waals surface area contributed by atoms with Crippen LogP contribution in [0.3, 0.4) is 0 Å². The highest BCUT2D eigenvalue weighted by molar-refractivity contribution is 6.00. The summed E-state index contributed by atoms with van der Waals surface area (Å²) < 4.78 is 39.9. The van der Waals surface area contributed by atoms with Crippen LogP contribution in [0.25, 0.3) is 0 Å². The molecule has 0 fully saturated rings. The number of likely N-dealkylation sites (N-methyl/N-ethyl adjacent to an activating group) is 1. The maximum Gasteiger partial charge on any atom is 0.244 e. The van der Waals surface area contributed by atoms with Crippen LogP contribution < -0.4 is 21.0 Å². The minimum absolute atomic E-state index is 0.111. The average Bonchev–Trinajstić information content (AvgIpc) is 3.19. The Kier molecular flexibility index (Phi) is 7.75. The summed E-state index contributed by atoms with van der Waals surface area (Å²) in [5.74, 6) is -2.94. The van der Waals surface area contributed by atoms with Crippen molar-refractivity contribution in [3.8, 4) is 0 Å². The first-order valence-electron chi connectivity index (χ1n) is 10.7. The number of hydrogen-bond acceptors (Lipinski definition) is 7. The largest absolute Gasteiger partial charge is 0.350 e. The molecular formula is C22H28F3N7O. The summed E-state index contributed by atoms with van der Waals surface area (Å²) in [7, 11) is 1.79. The number of rotatable bonds is 5. The molecule has 0 spiro atoms. The topological polar surface area (TPSA) is 85.4 Å². The maximum absolute atomic E-state index is 13.4. The molecule has 0 atom stereocenters. The van der Waals surface area contributed by atoms with E-state index in [-0.39, 0.29) is 19.0 Å². The lowest BCUT2D eigenvalue weighted by Crippen LogP contribution is -2.36. The Hall–Kier alpha value is -3.34. The monoisotopic (exact) mass is 463 g/mol. The Morgan fingerprint density at radius 3 is 2.48 bits per heavy atom. The molecule has 178 valence electrons. The van der Waals surface area contributed by atoms with E-state index >= 15 is 0 Å². The lowest BCUT2D eigenvalue weighted by Gasteiger charge is -2.27. The number of aromatic nitrogens is 2. The second-order valence-corrected chi connectivity index (χ2v) is 7.92. The number of carbonyl (C=O) groups excluding carboxylic acids is 1. The molecule has 2 aliphatic heterocycles. The molecule has 0 radical (unpaired) electrons. The summed E-state index contributed by atoms with van der Waals surface area (Å²) in [6.07, 6.45) is 3.06. The molecule has 0 saturated carbocycles. The Morgan fingerprint density at radius 1 is 1.15 bits per heavy atom. The first-order chi connectivity index (χ1) is 15.7. The molecule has 0 bridgehead atoms. The fourth-order valence-corrected chi connectivity index (χ4v) is 3.34. The molecule has 0 unspecified atom stereocenters. The van der Waals surface area contributed by atoms with E-state index < -0.39 is 17.5 Å². The van der Waals surface area contributed by atoms with Crippen LogP contribution in [0, 0.1) is 24.4 Å². The van der Waals surface area contributed by atoms with Crippen molar-refractivity contribution >= 4 is 23.4 Å². The third kappa shape index (κ3) is 5.92. The molecule has 0 saturated heterocycles. The molecular weight excluding hydrogens is 435 g/mol. The Bertz CT molecular complexity index is 1040. The molecule has 8 nitrogen and oxygen atoms in total. The van der Waals surface area contributed by atoms with Gasteiger partial charge in [-0.3, -0.25) is 4.79 Å². The second kappa shape index (κ2) is 10.5. The first-order valence-corrected chi connectivity index (χ1v) is 10.7. The zero-order valence-corrected chi connectivity index (χ0v) is 19.1. The zero-order valence-electron chi connectivity index (χ0n) is 19.1. The number of aryl methyl sites for hydroxylation is 1. The van der Waals surface area contributed by atoms with Gasteiger partial charge in [0, 0.05) is 26.3 Å². The van der Waals surface area contributed by atoms with Gasteiger partial charge in [0.2, 0.25) is 11.9 Å². The minimum atomic E-state index is -1.47. The molecule has 2 aliphatic rings. The summed E-state index contributed by atoms with van der Waals surface area (Å²) in [5, 5.41) is 7.61. The van der Waals surface area contributed by atoms with Crippen molar-refractivity contribution in [2.24, 2.45) is 0 Å². The van der Waals surface area contributed by atoms with Crippen molar-refractivity contribution in [2.45, 2.75) is 33.7 Å². The van der Waals surface area contributed by atoms with Crippen molar-refractivity contribution in [1.29, 1.82) is 0 Å². The van der Waals surface area contributed by atoms with Crippen LogP contribution in [0.4, 0.5) is 30.6 Å². The van der Waals surface area contributed by atoms with Crippen molar-refractivity contribution in [3.05, 3.63) is 52.6 Å². The van der Waals surface area contributed by atoms with E-state index in [4.69, 9.17) is 0 Å². The highest BCUT2D eigenvalue weighted by Crippen LogP contribution is 2.29. The number of nitrogens with one attached hydrogen (secondary N) is 3. The molecule has 4 rings (SSSR count). The van der Waals surface area contributed by atoms with Gasteiger partial charge in [-0.05, 0) is 30.2 Å². The number of carbonyl (C=O) groups is 1. The fraction of sp³-hybridized carbons (Fsp3) is 0.409. The fourth-order valence-electron chi connectivity index (χ4n) is 3.34. The minimum Gasteiger partial charge on any atom is -0.350 e. The standard InChI is InChI=1S/C19H20F3N7O.C3H8/c1-10-17-18(28(2)9-15(30)26-17)27-19(25-10)23-5-12-6-24-29(8-12)7-11-3-13(20)16(22)14(21)4-11;1-3-2/h3-4,8,24H,5-7,9H2,1-2H3,(H,26,30)(H,23,25,27);3H2,1-2H3. The summed E-state index contributed by atoms with van der Waals surface area (Å²) >= 11 is 0. The number of benzene rings is 1. The highest BCUT2D eigenvalue weighted by atomic mass is 19.2. The Labute approximate surface area is 190 Å². The van der Waals surface area contributed by atoms with E-state index in [0.29, 0.717) is 41.8 Å². The predicted octanol–water partition coefficient (Wildman–Crippen LogP) is 3.32. The van der Waals surface area contributed by atoms with Gasteiger partial charge in [0.1, 0.15) is 5.69 Å². The smallest absolute Gasteiger partial charge is 0.244 e. The highest BCUT2D eigenvalue weighted by Gasteiger charge is 2.24. The van der Waals surface area contributed by atoms with Gasteiger partial charge in [-0.2, -0.15) is 4.98 Å². The molecule has 1 amide bonds. The zero-order chi connectivity index (χ0) is 24.1. The van der Waals surface area contributed by atoms with Crippen LogP contribution >= 0.6 is 0 Å². The van der Waals surface area contributed by atoms with E-state index in [1.807, 2.05) is 6.20 Å². The second-order valence-electron chi connectivity index (χ2n) is 7.92. The van der Waals surface area contributed by atoms with Crippen molar-refractivity contribution in [1.82, 2.24) is 20.4 Å². The summed E-state index contributed by atoms with van der Waals surface area (Å²) in [6.45, 7) is 7.42. The molecule has 3 N–H and O–H groups in total. The molecule has 33 heavy (non-hydrogen) atoms. The van der Waals surface area contributed by atoms with E-state index in [0.717, 1.165) is 17.7 Å². The van der Waals surface area contributed by atoms with Crippen LogP contribution in [0.5, 0.6) is 0 Å². The van der Waals surface area contributed by atoms with Gasteiger partial charge >= 0.3 is 0 Å². The van der Waals surface area contributed by atoms with Gasteiger partial charge in [0.05, 0.1) is 18.8 Å². The Balaban J connectivity index is 0.000000968. The number of amides is 1.